The van der Waals surface area contributed by atoms with Crippen molar-refractivity contribution in [3.8, 4) is 0 Å². The molecule has 0 amide bonds. The van der Waals surface area contributed by atoms with Gasteiger partial charge in [-0.15, -0.1) is 11.6 Å². The molecule has 0 aromatic carbocycles. The highest BCUT2D eigenvalue weighted by Gasteiger charge is 2.36. The maximum Gasteiger partial charge on any atom is 0.391 e. The second kappa shape index (κ2) is 6.18. The van der Waals surface area contributed by atoms with E-state index in [4.69, 9.17) is 25.2 Å². The van der Waals surface area contributed by atoms with E-state index in [0.29, 0.717) is 5.57 Å². The average Bonchev–Trinajstić information content (AvgIpc) is 2.20. The summed E-state index contributed by atoms with van der Waals surface area (Å²) in [5, 5.41) is 0. The van der Waals surface area contributed by atoms with Crippen LogP contribution in [-0.2, 0) is 18.4 Å². The highest BCUT2D eigenvalue weighted by Crippen LogP contribution is 2.09. The van der Waals surface area contributed by atoms with Gasteiger partial charge in [0.05, 0.1) is 5.50 Å². The highest BCUT2D eigenvalue weighted by molar-refractivity contribution is 6.74. The molecule has 0 aliphatic carbocycles. The Labute approximate surface area is 90.0 Å². The molecule has 6 heteroatoms. The molecule has 0 N–H and O–H groups in total. The Morgan fingerprint density at radius 3 is 2.21 bits per heavy atom. The summed E-state index contributed by atoms with van der Waals surface area (Å²) in [6.07, 6.45) is 0.0786. The molecule has 0 rings (SSSR count). The molecule has 0 fully saturated rings. The van der Waals surface area contributed by atoms with Crippen LogP contribution in [0.1, 0.15) is 6.92 Å². The lowest BCUT2D eigenvalue weighted by atomic mass is 10.4. The summed E-state index contributed by atoms with van der Waals surface area (Å²) < 4.78 is 15.2. The van der Waals surface area contributed by atoms with E-state index in [1.54, 1.807) is 6.92 Å². The molecule has 0 heterocycles. The van der Waals surface area contributed by atoms with Gasteiger partial charge in [0.15, 0.2) is 0 Å². The minimum Gasteiger partial charge on any atom is -0.460 e. The number of rotatable bonds is 6. The van der Waals surface area contributed by atoms with Crippen LogP contribution in [-0.4, -0.2) is 40.5 Å². The van der Waals surface area contributed by atoms with Crippen molar-refractivity contribution in [1.29, 1.82) is 0 Å². The topological polar surface area (TPSA) is 44.8 Å². The minimum absolute atomic E-state index is 0.0786. The van der Waals surface area contributed by atoms with Crippen molar-refractivity contribution >= 4 is 26.1 Å². The number of carbonyl (C=O) groups is 1. The Morgan fingerprint density at radius 1 is 1.43 bits per heavy atom. The summed E-state index contributed by atoms with van der Waals surface area (Å²) in [5.41, 5.74) is 0.554. The third-order valence-corrected chi connectivity index (χ3v) is 5.42. The van der Waals surface area contributed by atoms with E-state index in [1.165, 1.54) is 14.2 Å². The van der Waals surface area contributed by atoms with Crippen LogP contribution in [0.2, 0.25) is 0 Å². The molecule has 0 unspecified atom stereocenters. The van der Waals surface area contributed by atoms with Gasteiger partial charge in [0.1, 0.15) is 6.23 Å². The standard InChI is InChI=1S/C8H15ClO4Si/c1-7(2)8(10)13-6-14(5-9,11-3)12-4/h1,5-6H2,2-4H3. The van der Waals surface area contributed by atoms with Crippen LogP contribution in [0.4, 0.5) is 0 Å². The normalized spacial score (nSPS) is 11.1. The van der Waals surface area contributed by atoms with E-state index in [0.717, 1.165) is 0 Å². The lowest BCUT2D eigenvalue weighted by Gasteiger charge is -2.24. The predicted octanol–water partition coefficient (Wildman–Crippen LogP) is 1.16. The van der Waals surface area contributed by atoms with Gasteiger partial charge >= 0.3 is 14.5 Å². The fraction of sp³-hybridized carbons (Fsp3) is 0.625. The highest BCUT2D eigenvalue weighted by atomic mass is 35.5. The quantitative estimate of drug-likeness (QED) is 0.302. The molecule has 14 heavy (non-hydrogen) atoms. The molecule has 82 valence electrons. The van der Waals surface area contributed by atoms with Crippen molar-refractivity contribution in [2.45, 2.75) is 6.92 Å². The van der Waals surface area contributed by atoms with Gasteiger partial charge in [-0.25, -0.2) is 4.79 Å². The number of ether oxygens (including phenoxy) is 1. The number of carbonyl (C=O) groups excluding carboxylic acids is 1. The summed E-state index contributed by atoms with van der Waals surface area (Å²) in [6.45, 7) is 5.03. The van der Waals surface area contributed by atoms with Gasteiger partial charge in [-0.05, 0) is 6.92 Å². The van der Waals surface area contributed by atoms with E-state index in [-0.39, 0.29) is 11.7 Å². The van der Waals surface area contributed by atoms with Gasteiger partial charge in [-0.2, -0.15) is 0 Å². The van der Waals surface area contributed by atoms with E-state index < -0.39 is 14.5 Å². The van der Waals surface area contributed by atoms with Crippen molar-refractivity contribution < 1.29 is 18.4 Å². The van der Waals surface area contributed by atoms with Crippen LogP contribution in [0.15, 0.2) is 12.2 Å². The number of hydrogen-bond donors (Lipinski definition) is 0. The number of esters is 1. The summed E-state index contributed by atoms with van der Waals surface area (Å²) >= 11 is 5.69. The minimum atomic E-state index is -2.54. The van der Waals surface area contributed by atoms with Crippen LogP contribution in [0.5, 0.6) is 0 Å². The molecule has 0 radical (unpaired) electrons. The number of halogens is 1. The van der Waals surface area contributed by atoms with Crippen LogP contribution >= 0.6 is 11.6 Å². The predicted molar refractivity (Wildman–Crippen MR) is 56.3 cm³/mol. The van der Waals surface area contributed by atoms with Crippen LogP contribution in [0.3, 0.4) is 0 Å². The van der Waals surface area contributed by atoms with Crippen LogP contribution in [0, 0.1) is 0 Å². The lowest BCUT2D eigenvalue weighted by molar-refractivity contribution is -0.137. The molecule has 0 aliphatic heterocycles. The molecule has 0 saturated carbocycles. The number of hydrogen-bond acceptors (Lipinski definition) is 4. The van der Waals surface area contributed by atoms with E-state index in [9.17, 15) is 4.79 Å². The fourth-order valence-electron chi connectivity index (χ4n) is 0.648. The molecule has 0 saturated heterocycles. The zero-order valence-electron chi connectivity index (χ0n) is 8.63. The molecule has 0 spiro atoms. The number of alkyl halides is 1. The Morgan fingerprint density at radius 2 is 1.93 bits per heavy atom. The van der Waals surface area contributed by atoms with Crippen molar-refractivity contribution in [2.24, 2.45) is 0 Å². The van der Waals surface area contributed by atoms with Crippen molar-refractivity contribution in [1.82, 2.24) is 0 Å². The lowest BCUT2D eigenvalue weighted by Crippen LogP contribution is -2.48. The van der Waals surface area contributed by atoms with Gasteiger partial charge < -0.3 is 13.6 Å². The van der Waals surface area contributed by atoms with E-state index in [2.05, 4.69) is 6.58 Å². The molecule has 4 nitrogen and oxygen atoms in total. The van der Waals surface area contributed by atoms with Gasteiger partial charge in [0, 0.05) is 19.8 Å². The Hall–Kier alpha value is -0.363. The van der Waals surface area contributed by atoms with Crippen molar-refractivity contribution in [3.63, 3.8) is 0 Å². The largest absolute Gasteiger partial charge is 0.460 e. The first-order chi connectivity index (χ1) is 6.51. The molecule has 0 aliphatic rings. The summed E-state index contributed by atoms with van der Waals surface area (Å²) in [4.78, 5) is 11.1. The van der Waals surface area contributed by atoms with Gasteiger partial charge in [-0.3, -0.25) is 0 Å². The Balaban J connectivity index is 4.19. The van der Waals surface area contributed by atoms with E-state index >= 15 is 0 Å². The van der Waals surface area contributed by atoms with Crippen molar-refractivity contribution in [2.75, 3.05) is 26.0 Å². The molecular formula is C8H15ClO4Si. The first kappa shape index (κ1) is 13.6. The molecule has 0 aromatic heterocycles. The third-order valence-electron chi connectivity index (χ3n) is 1.72. The summed E-state index contributed by atoms with van der Waals surface area (Å²) in [7, 11) is 0.441. The first-order valence-electron chi connectivity index (χ1n) is 4.00. The summed E-state index contributed by atoms with van der Waals surface area (Å²) in [5.74, 6) is -0.457. The maximum atomic E-state index is 11.1. The maximum absolute atomic E-state index is 11.1. The van der Waals surface area contributed by atoms with Gasteiger partial charge in [-0.1, -0.05) is 6.58 Å². The van der Waals surface area contributed by atoms with Crippen LogP contribution < -0.4 is 0 Å². The Kier molecular flexibility index (Phi) is 6.02. The van der Waals surface area contributed by atoms with Gasteiger partial charge in [0.2, 0.25) is 0 Å². The Bertz CT molecular complexity index is 207. The fourth-order valence-corrected chi connectivity index (χ4v) is 2.58. The average molecular weight is 239 g/mol. The van der Waals surface area contributed by atoms with E-state index in [1.807, 2.05) is 0 Å². The van der Waals surface area contributed by atoms with Crippen molar-refractivity contribution in [3.05, 3.63) is 12.2 Å². The molecule has 0 aromatic rings. The SMILES string of the molecule is C=C(C)C(=O)OC[Si](CCl)(OC)OC. The third kappa shape index (κ3) is 3.79. The monoisotopic (exact) mass is 238 g/mol. The van der Waals surface area contributed by atoms with Gasteiger partial charge in [0.25, 0.3) is 0 Å². The smallest absolute Gasteiger partial charge is 0.391 e. The molecule has 0 atom stereocenters. The zero-order chi connectivity index (χ0) is 11.2. The second-order valence-electron chi connectivity index (χ2n) is 2.81. The zero-order valence-corrected chi connectivity index (χ0v) is 10.4. The first-order valence-corrected chi connectivity index (χ1v) is 6.76. The van der Waals surface area contributed by atoms with Crippen LogP contribution in [0.25, 0.3) is 0 Å². The second-order valence-corrected chi connectivity index (χ2v) is 6.80. The summed E-state index contributed by atoms with van der Waals surface area (Å²) in [6, 6.07) is 0. The molecular weight excluding hydrogens is 224 g/mol. The molecule has 0 bridgehead atoms.